The van der Waals surface area contributed by atoms with Gasteiger partial charge in [0.05, 0.1) is 0 Å². The van der Waals surface area contributed by atoms with Crippen LogP contribution in [-0.4, -0.2) is 11.5 Å². The summed E-state index contributed by atoms with van der Waals surface area (Å²) in [5, 5.41) is 4.29. The van der Waals surface area contributed by atoms with Crippen LogP contribution in [-0.2, 0) is 12.8 Å². The van der Waals surface area contributed by atoms with E-state index in [-0.39, 0.29) is 5.82 Å². The zero-order valence-electron chi connectivity index (χ0n) is 10.9. The molecular weight excluding hydrogens is 307 g/mol. The summed E-state index contributed by atoms with van der Waals surface area (Å²) in [6.45, 7) is 2.90. The van der Waals surface area contributed by atoms with Crippen LogP contribution in [0.2, 0.25) is 0 Å². The van der Waals surface area contributed by atoms with Crippen LogP contribution in [0, 0.1) is 5.82 Å². The van der Waals surface area contributed by atoms with Crippen molar-refractivity contribution in [1.82, 2.24) is 4.98 Å². The minimum atomic E-state index is -0.253. The van der Waals surface area contributed by atoms with E-state index in [0.29, 0.717) is 5.52 Å². The molecule has 0 bridgehead atoms. The molecule has 1 aliphatic carbocycles. The van der Waals surface area contributed by atoms with Crippen LogP contribution < -0.4 is 5.32 Å². The van der Waals surface area contributed by atoms with Gasteiger partial charge in [-0.1, -0.05) is 15.9 Å². The fraction of sp³-hybridized carbons (Fsp3) is 0.400. The zero-order valence-corrected chi connectivity index (χ0v) is 12.5. The maximum Gasteiger partial charge on any atom is 0.150 e. The fourth-order valence-corrected chi connectivity index (χ4v) is 3.26. The second-order valence-electron chi connectivity index (χ2n) is 4.93. The first kappa shape index (κ1) is 12.9. The maximum absolute atomic E-state index is 14.1. The molecule has 4 heteroatoms. The lowest BCUT2D eigenvalue weighted by Gasteiger charge is -2.21. The molecule has 1 N–H and O–H groups in total. The van der Waals surface area contributed by atoms with Crippen LogP contribution in [0.5, 0.6) is 0 Å². The van der Waals surface area contributed by atoms with E-state index < -0.39 is 0 Å². The van der Waals surface area contributed by atoms with E-state index in [1.165, 1.54) is 18.1 Å². The monoisotopic (exact) mass is 322 g/mol. The van der Waals surface area contributed by atoms with Crippen molar-refractivity contribution in [3.05, 3.63) is 33.7 Å². The van der Waals surface area contributed by atoms with Gasteiger partial charge >= 0.3 is 0 Å². The van der Waals surface area contributed by atoms with Crippen LogP contribution in [0.4, 0.5) is 10.1 Å². The van der Waals surface area contributed by atoms with Crippen LogP contribution in [0.15, 0.2) is 16.6 Å². The number of aromatic nitrogens is 1. The molecule has 0 amide bonds. The first-order valence-electron chi connectivity index (χ1n) is 6.75. The van der Waals surface area contributed by atoms with Gasteiger partial charge < -0.3 is 5.32 Å². The van der Waals surface area contributed by atoms with Gasteiger partial charge in [-0.15, -0.1) is 0 Å². The molecule has 0 spiro atoms. The van der Waals surface area contributed by atoms with Crippen molar-refractivity contribution in [3.8, 4) is 0 Å². The molecule has 3 rings (SSSR count). The van der Waals surface area contributed by atoms with Gasteiger partial charge in [-0.05, 0) is 50.3 Å². The van der Waals surface area contributed by atoms with E-state index in [1.54, 1.807) is 0 Å². The molecule has 2 aromatic rings. The van der Waals surface area contributed by atoms with Gasteiger partial charge in [0.1, 0.15) is 5.52 Å². The average molecular weight is 323 g/mol. The molecule has 1 aliphatic rings. The van der Waals surface area contributed by atoms with Crippen LogP contribution in [0.1, 0.15) is 31.0 Å². The molecule has 0 fully saturated rings. The highest BCUT2D eigenvalue weighted by atomic mass is 79.9. The van der Waals surface area contributed by atoms with E-state index in [9.17, 15) is 4.39 Å². The van der Waals surface area contributed by atoms with E-state index in [2.05, 4.69) is 33.2 Å². The Labute approximate surface area is 120 Å². The summed E-state index contributed by atoms with van der Waals surface area (Å²) in [5.74, 6) is -0.253. The molecular formula is C15H16BrFN2. The Bertz CT molecular complexity index is 640. The maximum atomic E-state index is 14.1. The molecule has 1 aromatic carbocycles. The van der Waals surface area contributed by atoms with Gasteiger partial charge in [-0.3, -0.25) is 0 Å². The fourth-order valence-electron chi connectivity index (χ4n) is 2.83. The third kappa shape index (κ3) is 2.22. The highest BCUT2D eigenvalue weighted by Crippen LogP contribution is 2.35. The van der Waals surface area contributed by atoms with E-state index in [4.69, 9.17) is 0 Å². The van der Waals surface area contributed by atoms with Crippen molar-refractivity contribution in [2.75, 3.05) is 11.9 Å². The Morgan fingerprint density at radius 2 is 2.11 bits per heavy atom. The summed E-state index contributed by atoms with van der Waals surface area (Å²) >= 11 is 3.37. The van der Waals surface area contributed by atoms with Gasteiger partial charge in [0.25, 0.3) is 0 Å². The predicted molar refractivity (Wildman–Crippen MR) is 80.2 cm³/mol. The molecule has 0 atom stereocenters. The van der Waals surface area contributed by atoms with Crippen molar-refractivity contribution >= 4 is 32.5 Å². The quantitative estimate of drug-likeness (QED) is 0.883. The van der Waals surface area contributed by atoms with Crippen molar-refractivity contribution < 1.29 is 4.39 Å². The molecule has 1 aromatic heterocycles. The number of halogens is 2. The highest BCUT2D eigenvalue weighted by molar-refractivity contribution is 9.10. The summed E-state index contributed by atoms with van der Waals surface area (Å²) in [4.78, 5) is 4.56. The number of nitrogens with zero attached hydrogens (tertiary/aromatic N) is 1. The van der Waals surface area contributed by atoms with Gasteiger partial charge in [0, 0.05) is 27.8 Å². The van der Waals surface area contributed by atoms with Crippen molar-refractivity contribution in [1.29, 1.82) is 0 Å². The van der Waals surface area contributed by atoms with Crippen LogP contribution in [0.25, 0.3) is 10.9 Å². The van der Waals surface area contributed by atoms with E-state index in [0.717, 1.165) is 47.0 Å². The summed E-state index contributed by atoms with van der Waals surface area (Å²) in [5.41, 5.74) is 3.90. The van der Waals surface area contributed by atoms with Gasteiger partial charge in [0.15, 0.2) is 5.82 Å². The van der Waals surface area contributed by atoms with Gasteiger partial charge in [0.2, 0.25) is 0 Å². The third-order valence-corrected chi connectivity index (χ3v) is 4.10. The number of anilines is 1. The Balaban J connectivity index is 2.35. The third-order valence-electron chi connectivity index (χ3n) is 3.64. The average Bonchev–Trinajstić information content (AvgIpc) is 2.40. The number of pyridine rings is 1. The van der Waals surface area contributed by atoms with E-state index in [1.807, 2.05) is 6.07 Å². The largest absolute Gasteiger partial charge is 0.384 e. The van der Waals surface area contributed by atoms with Crippen LogP contribution >= 0.6 is 15.9 Å². The highest BCUT2D eigenvalue weighted by Gasteiger charge is 2.19. The number of benzene rings is 1. The second-order valence-corrected chi connectivity index (χ2v) is 5.85. The summed E-state index contributed by atoms with van der Waals surface area (Å²) < 4.78 is 14.9. The van der Waals surface area contributed by atoms with E-state index >= 15 is 0 Å². The Kier molecular flexibility index (Phi) is 3.44. The summed E-state index contributed by atoms with van der Waals surface area (Å²) in [7, 11) is 0. The molecule has 0 saturated heterocycles. The molecule has 0 aliphatic heterocycles. The molecule has 100 valence electrons. The lowest BCUT2D eigenvalue weighted by atomic mass is 9.92. The Morgan fingerprint density at radius 3 is 2.89 bits per heavy atom. The molecule has 1 heterocycles. The SMILES string of the molecule is CCNc1c2c(nc3c(F)cc(Br)cc13)CCCC2. The smallest absolute Gasteiger partial charge is 0.150 e. The van der Waals surface area contributed by atoms with Crippen molar-refractivity contribution in [3.63, 3.8) is 0 Å². The number of rotatable bonds is 2. The molecule has 2 nitrogen and oxygen atoms in total. The van der Waals surface area contributed by atoms with Gasteiger partial charge in [-0.25, -0.2) is 9.37 Å². The first-order chi connectivity index (χ1) is 9.20. The second kappa shape index (κ2) is 5.08. The number of fused-ring (bicyclic) bond motifs is 2. The molecule has 0 radical (unpaired) electrons. The standard InChI is InChI=1S/C15H16BrFN2/c1-2-18-14-10-5-3-4-6-13(10)19-15-11(14)7-9(16)8-12(15)17/h7-8H,2-6H2,1H3,(H,18,19). The van der Waals surface area contributed by atoms with Crippen molar-refractivity contribution in [2.24, 2.45) is 0 Å². The minimum Gasteiger partial charge on any atom is -0.384 e. The molecule has 0 saturated carbocycles. The Morgan fingerprint density at radius 1 is 1.32 bits per heavy atom. The van der Waals surface area contributed by atoms with Crippen LogP contribution in [0.3, 0.4) is 0 Å². The summed E-state index contributed by atoms with van der Waals surface area (Å²) in [6.07, 6.45) is 4.33. The topological polar surface area (TPSA) is 24.9 Å². The molecule has 19 heavy (non-hydrogen) atoms. The van der Waals surface area contributed by atoms with Gasteiger partial charge in [-0.2, -0.15) is 0 Å². The Hall–Kier alpha value is -1.16. The number of nitrogens with one attached hydrogen (secondary N) is 1. The number of hydrogen-bond donors (Lipinski definition) is 1. The summed E-state index contributed by atoms with van der Waals surface area (Å²) in [6, 6.07) is 3.44. The number of hydrogen-bond acceptors (Lipinski definition) is 2. The minimum absolute atomic E-state index is 0.253. The lowest BCUT2D eigenvalue weighted by Crippen LogP contribution is -2.11. The zero-order chi connectivity index (χ0) is 13.4. The predicted octanol–water partition coefficient (Wildman–Crippen LogP) is 4.45. The first-order valence-corrected chi connectivity index (χ1v) is 7.54. The normalized spacial score (nSPS) is 14.5. The molecule has 0 unspecified atom stereocenters. The lowest BCUT2D eigenvalue weighted by molar-refractivity contribution is 0.631. The van der Waals surface area contributed by atoms with Crippen molar-refractivity contribution in [2.45, 2.75) is 32.6 Å². The number of aryl methyl sites for hydroxylation is 1.